The predicted molar refractivity (Wildman–Crippen MR) is 151 cm³/mol. The first-order valence-corrected chi connectivity index (χ1v) is 13.4. The second kappa shape index (κ2) is 11.3. The van der Waals surface area contributed by atoms with Crippen LogP contribution in [0.15, 0.2) is 71.9 Å². The summed E-state index contributed by atoms with van der Waals surface area (Å²) in [4.78, 5) is 0. The first kappa shape index (κ1) is 28.2. The number of nitrogens with zero attached hydrogens (tertiary/aromatic N) is 1. The number of aliphatic hydroxyl groups is 4. The molecule has 5 rings (SSSR count). The van der Waals surface area contributed by atoms with Gasteiger partial charge in [0.25, 0.3) is 0 Å². The van der Waals surface area contributed by atoms with Crippen molar-refractivity contribution in [3.63, 3.8) is 0 Å². The number of ether oxygens (including phenoxy) is 3. The Balaban J connectivity index is 1.32. The molecule has 0 radical (unpaired) electrons. The molecule has 39 heavy (non-hydrogen) atoms. The largest absolute Gasteiger partial charge is 0.457 e. The lowest BCUT2D eigenvalue weighted by Gasteiger charge is -2.46. The van der Waals surface area contributed by atoms with Gasteiger partial charge in [-0.25, -0.2) is 0 Å². The van der Waals surface area contributed by atoms with Crippen molar-refractivity contribution in [2.75, 3.05) is 13.2 Å². The quantitative estimate of drug-likeness (QED) is 0.162. The molecule has 4 N–H and O–H groups in total. The van der Waals surface area contributed by atoms with E-state index in [1.807, 2.05) is 55.5 Å². The number of hydrogen-bond acceptors (Lipinski definition) is 9. The zero-order valence-corrected chi connectivity index (χ0v) is 23.7. The predicted octanol–water partition coefficient (Wildman–Crippen LogP) is 3.84. The molecule has 9 nitrogen and oxygen atoms in total. The first-order valence-electron chi connectivity index (χ1n) is 12.2. The van der Waals surface area contributed by atoms with Gasteiger partial charge < -0.3 is 37.8 Å². The molecule has 11 heteroatoms. The van der Waals surface area contributed by atoms with Gasteiger partial charge in [0, 0.05) is 10.6 Å². The summed E-state index contributed by atoms with van der Waals surface area (Å²) < 4.78 is 22.5. The highest BCUT2D eigenvalue weighted by molar-refractivity contribution is 14.1. The number of oxime groups is 1. The SMILES string of the molecule is C/C(=N/OI)c1ccc(Oc2ccc(Cc3cc([C@]45OC[C@](CO)(O4)[C@@H](O)[C@H](O)[C@H]5O)ccc3Cl)cc2)cc1. The van der Waals surface area contributed by atoms with E-state index in [1.165, 1.54) is 0 Å². The average Bonchev–Trinajstić information content (AvgIpc) is 3.34. The molecule has 0 spiro atoms. The fourth-order valence-corrected chi connectivity index (χ4v) is 5.38. The molecular weight excluding hydrogens is 641 g/mol. The van der Waals surface area contributed by atoms with E-state index in [4.69, 9.17) is 29.0 Å². The van der Waals surface area contributed by atoms with E-state index in [0.29, 0.717) is 28.5 Å². The molecule has 2 bridgehead atoms. The van der Waals surface area contributed by atoms with E-state index < -0.39 is 36.3 Å². The third-order valence-electron chi connectivity index (χ3n) is 7.17. The van der Waals surface area contributed by atoms with E-state index in [9.17, 15) is 20.4 Å². The summed E-state index contributed by atoms with van der Waals surface area (Å²) in [6.07, 6.45) is -4.20. The molecule has 2 aliphatic rings. The topological polar surface area (TPSA) is 130 Å². The van der Waals surface area contributed by atoms with Crippen LogP contribution < -0.4 is 4.74 Å². The summed E-state index contributed by atoms with van der Waals surface area (Å²) in [7, 11) is 0. The van der Waals surface area contributed by atoms with Crippen molar-refractivity contribution in [1.29, 1.82) is 0 Å². The normalized spacial score (nSPS) is 28.4. The van der Waals surface area contributed by atoms with Crippen molar-refractivity contribution in [3.05, 3.63) is 94.0 Å². The number of benzene rings is 3. The minimum Gasteiger partial charge on any atom is -0.457 e. The van der Waals surface area contributed by atoms with Crippen LogP contribution in [-0.2, 0) is 24.8 Å². The lowest BCUT2D eigenvalue weighted by molar-refractivity contribution is -0.329. The molecule has 3 aromatic carbocycles. The molecule has 2 heterocycles. The van der Waals surface area contributed by atoms with Crippen LogP contribution >= 0.6 is 34.6 Å². The Morgan fingerprint density at radius 1 is 1.03 bits per heavy atom. The van der Waals surface area contributed by atoms with Crippen LogP contribution in [0.1, 0.15) is 29.2 Å². The summed E-state index contributed by atoms with van der Waals surface area (Å²) in [5.74, 6) is -0.405. The molecule has 2 fully saturated rings. The fraction of sp³-hybridized carbons (Fsp3) is 0.321. The Morgan fingerprint density at radius 2 is 1.69 bits per heavy atom. The summed E-state index contributed by atoms with van der Waals surface area (Å²) >= 11 is 8.22. The monoisotopic (exact) mass is 667 g/mol. The maximum atomic E-state index is 10.8. The fourth-order valence-electron chi connectivity index (χ4n) is 4.90. The molecule has 0 aliphatic carbocycles. The third kappa shape index (κ3) is 5.27. The van der Waals surface area contributed by atoms with Crippen LogP contribution in [0.5, 0.6) is 11.5 Å². The highest BCUT2D eigenvalue weighted by atomic mass is 127. The Labute approximate surface area is 244 Å². The van der Waals surface area contributed by atoms with Gasteiger partial charge in [-0.3, -0.25) is 0 Å². The minimum absolute atomic E-state index is 0.193. The number of aliphatic hydroxyl groups excluding tert-OH is 4. The van der Waals surface area contributed by atoms with Crippen LogP contribution in [0.25, 0.3) is 0 Å². The number of rotatable bonds is 8. The molecule has 3 aromatic rings. The zero-order valence-electron chi connectivity index (χ0n) is 20.8. The van der Waals surface area contributed by atoms with Crippen LogP contribution in [0.3, 0.4) is 0 Å². The second-order valence-electron chi connectivity index (χ2n) is 9.66. The smallest absolute Gasteiger partial charge is 0.230 e. The van der Waals surface area contributed by atoms with Gasteiger partial charge in [0.2, 0.25) is 28.8 Å². The summed E-state index contributed by atoms with van der Waals surface area (Å²) in [6.45, 7) is 1.08. The Morgan fingerprint density at radius 3 is 2.33 bits per heavy atom. The Kier molecular flexibility index (Phi) is 8.18. The summed E-state index contributed by atoms with van der Waals surface area (Å²) in [5, 5.41) is 46.0. The van der Waals surface area contributed by atoms with E-state index in [-0.39, 0.29) is 6.61 Å². The van der Waals surface area contributed by atoms with Crippen molar-refractivity contribution in [3.8, 4) is 11.5 Å². The second-order valence-corrected chi connectivity index (χ2v) is 10.5. The van der Waals surface area contributed by atoms with Crippen molar-refractivity contribution in [2.24, 2.45) is 5.16 Å². The van der Waals surface area contributed by atoms with Crippen LogP contribution in [0, 0.1) is 0 Å². The van der Waals surface area contributed by atoms with Crippen molar-refractivity contribution >= 4 is 40.3 Å². The maximum absolute atomic E-state index is 10.8. The third-order valence-corrected chi connectivity index (χ3v) is 7.74. The molecule has 0 unspecified atom stereocenters. The maximum Gasteiger partial charge on any atom is 0.230 e. The first-order chi connectivity index (χ1) is 18.7. The lowest BCUT2D eigenvalue weighted by Crippen LogP contribution is -2.65. The Hall–Kier alpha value is -2.29. The van der Waals surface area contributed by atoms with Gasteiger partial charge in [0.05, 0.1) is 18.9 Å². The number of halogens is 2. The summed E-state index contributed by atoms with van der Waals surface area (Å²) in [5.41, 5.74) is 2.26. The zero-order chi connectivity index (χ0) is 27.8. The molecule has 2 saturated heterocycles. The van der Waals surface area contributed by atoms with Gasteiger partial charge in [-0.1, -0.05) is 35.0 Å². The minimum atomic E-state index is -1.75. The van der Waals surface area contributed by atoms with E-state index >= 15 is 0 Å². The molecular formula is C28H27ClINO8. The van der Waals surface area contributed by atoms with Crippen molar-refractivity contribution < 1.29 is 37.8 Å². The standard InChI is InChI=1S/C28H27ClINO8/c1-16(31-39-30)18-4-9-22(10-5-18)37-21-7-2-17(3-8-21)12-19-13-20(6-11-23(19)29)28-26(35)24(33)25(34)27(14-32,38-28)15-36-28/h2-11,13,24-26,32-35H,12,14-15H2,1H3/b31-16-/t24-,25-,26+,27-,28-/m0/s1. The molecule has 0 saturated carbocycles. The molecule has 0 aromatic heterocycles. The van der Waals surface area contributed by atoms with Crippen LogP contribution in [0.4, 0.5) is 0 Å². The van der Waals surface area contributed by atoms with Gasteiger partial charge in [-0.05, 0) is 78.6 Å². The van der Waals surface area contributed by atoms with E-state index in [0.717, 1.165) is 22.4 Å². The number of fused-ring (bicyclic) bond motifs is 2. The van der Waals surface area contributed by atoms with Gasteiger partial charge in [-0.15, -0.1) is 0 Å². The molecule has 206 valence electrons. The highest BCUT2D eigenvalue weighted by Crippen LogP contribution is 2.49. The van der Waals surface area contributed by atoms with Gasteiger partial charge in [-0.2, -0.15) is 0 Å². The van der Waals surface area contributed by atoms with Gasteiger partial charge >= 0.3 is 0 Å². The van der Waals surface area contributed by atoms with E-state index in [1.54, 1.807) is 41.2 Å². The van der Waals surface area contributed by atoms with Crippen molar-refractivity contribution in [2.45, 2.75) is 43.0 Å². The van der Waals surface area contributed by atoms with Gasteiger partial charge in [0.15, 0.2) is 0 Å². The van der Waals surface area contributed by atoms with Crippen LogP contribution in [-0.4, -0.2) is 63.3 Å². The number of hydrogen-bond donors (Lipinski definition) is 4. The molecule has 2 aliphatic heterocycles. The highest BCUT2D eigenvalue weighted by Gasteiger charge is 2.67. The molecule has 5 atom stereocenters. The van der Waals surface area contributed by atoms with Gasteiger partial charge in [0.1, 0.15) is 35.4 Å². The van der Waals surface area contributed by atoms with Crippen LogP contribution in [0.2, 0.25) is 5.02 Å². The Bertz CT molecular complexity index is 1350. The summed E-state index contributed by atoms with van der Waals surface area (Å²) in [6, 6.07) is 20.1. The average molecular weight is 668 g/mol. The van der Waals surface area contributed by atoms with Crippen molar-refractivity contribution in [1.82, 2.24) is 0 Å². The lowest BCUT2D eigenvalue weighted by atomic mass is 9.83. The van der Waals surface area contributed by atoms with E-state index in [2.05, 4.69) is 5.16 Å². The molecule has 0 amide bonds.